The van der Waals surface area contributed by atoms with Crippen LogP contribution in [0.1, 0.15) is 44.6 Å². The van der Waals surface area contributed by atoms with Gasteiger partial charge in [-0.25, -0.2) is 0 Å². The Balaban J connectivity index is 2.03. The van der Waals surface area contributed by atoms with Gasteiger partial charge < -0.3 is 5.11 Å². The lowest BCUT2D eigenvalue weighted by molar-refractivity contribution is 0.0564. The van der Waals surface area contributed by atoms with Crippen LogP contribution in [-0.2, 0) is 5.72 Å². The molecule has 1 aliphatic carbocycles. The molecule has 0 spiro atoms. The van der Waals surface area contributed by atoms with Gasteiger partial charge in [-0.2, -0.15) is 10.2 Å². The predicted molar refractivity (Wildman–Crippen MR) is 65.5 cm³/mol. The van der Waals surface area contributed by atoms with Crippen molar-refractivity contribution >= 4 is 0 Å². The van der Waals surface area contributed by atoms with Crippen molar-refractivity contribution in [1.29, 1.82) is 0 Å². The van der Waals surface area contributed by atoms with Crippen LogP contribution < -0.4 is 0 Å². The molecule has 0 radical (unpaired) electrons. The molecule has 1 unspecified atom stereocenters. The average Bonchev–Trinajstić information content (AvgIpc) is 2.39. The van der Waals surface area contributed by atoms with E-state index in [-0.39, 0.29) is 6.04 Å². The van der Waals surface area contributed by atoms with Gasteiger partial charge in [-0.1, -0.05) is 19.3 Å². The van der Waals surface area contributed by atoms with Crippen molar-refractivity contribution in [2.45, 2.75) is 50.8 Å². The molecule has 1 atom stereocenters. The summed E-state index contributed by atoms with van der Waals surface area (Å²) in [6, 6.07) is 3.82. The van der Waals surface area contributed by atoms with Gasteiger partial charge in [0.15, 0.2) is 5.72 Å². The number of aromatic nitrogens is 1. The van der Waals surface area contributed by atoms with E-state index in [9.17, 15) is 5.11 Å². The molecule has 4 nitrogen and oxygen atoms in total. The molecule has 0 aliphatic heterocycles. The summed E-state index contributed by atoms with van der Waals surface area (Å²) in [7, 11) is 0. The molecular formula is C13H19N3O. The van der Waals surface area contributed by atoms with Crippen LogP contribution in [-0.4, -0.2) is 16.1 Å². The van der Waals surface area contributed by atoms with Gasteiger partial charge in [-0.3, -0.25) is 4.98 Å². The Morgan fingerprint density at radius 2 is 1.88 bits per heavy atom. The van der Waals surface area contributed by atoms with E-state index in [4.69, 9.17) is 0 Å². The van der Waals surface area contributed by atoms with Gasteiger partial charge in [-0.05, 0) is 31.9 Å². The van der Waals surface area contributed by atoms with E-state index in [2.05, 4.69) is 15.2 Å². The molecule has 0 bridgehead atoms. The van der Waals surface area contributed by atoms with Crippen molar-refractivity contribution in [3.63, 3.8) is 0 Å². The number of pyridine rings is 1. The summed E-state index contributed by atoms with van der Waals surface area (Å²) >= 11 is 0. The van der Waals surface area contributed by atoms with E-state index >= 15 is 0 Å². The van der Waals surface area contributed by atoms with Crippen LogP contribution in [0.5, 0.6) is 0 Å². The summed E-state index contributed by atoms with van der Waals surface area (Å²) in [6.07, 6.45) is 9.24. The van der Waals surface area contributed by atoms with Crippen LogP contribution in [0.4, 0.5) is 0 Å². The number of azo groups is 1. The fourth-order valence-electron chi connectivity index (χ4n) is 2.12. The minimum atomic E-state index is -1.24. The first kappa shape index (κ1) is 12.2. The minimum Gasteiger partial charge on any atom is -0.364 e. The maximum absolute atomic E-state index is 10.2. The summed E-state index contributed by atoms with van der Waals surface area (Å²) in [4.78, 5) is 3.93. The molecule has 4 heteroatoms. The second-order valence-corrected chi connectivity index (χ2v) is 4.76. The molecule has 1 aliphatic rings. The highest BCUT2D eigenvalue weighted by molar-refractivity contribution is 5.16. The van der Waals surface area contributed by atoms with Gasteiger partial charge in [0.1, 0.15) is 0 Å². The average molecular weight is 233 g/mol. The number of hydrogen-bond donors (Lipinski definition) is 1. The highest BCUT2D eigenvalue weighted by Gasteiger charge is 2.23. The van der Waals surface area contributed by atoms with Gasteiger partial charge in [0.25, 0.3) is 0 Å². The first-order chi connectivity index (χ1) is 8.18. The van der Waals surface area contributed by atoms with Gasteiger partial charge >= 0.3 is 0 Å². The Labute approximate surface area is 102 Å². The van der Waals surface area contributed by atoms with E-state index < -0.39 is 5.72 Å². The standard InChI is InChI=1S/C13H19N3O/c1-13(17,11-7-9-14-10-8-11)16-15-12-5-3-2-4-6-12/h7-10,12,17H,2-6H2,1H3. The highest BCUT2D eigenvalue weighted by Crippen LogP contribution is 2.25. The minimum absolute atomic E-state index is 0.289. The molecule has 0 amide bonds. The molecule has 1 heterocycles. The maximum atomic E-state index is 10.2. The lowest BCUT2D eigenvalue weighted by atomic mass is 9.96. The topological polar surface area (TPSA) is 57.8 Å². The number of rotatable bonds is 3. The molecule has 17 heavy (non-hydrogen) atoms. The Bertz CT molecular complexity index is 370. The third kappa shape index (κ3) is 3.33. The zero-order valence-corrected chi connectivity index (χ0v) is 10.2. The van der Waals surface area contributed by atoms with Crippen molar-refractivity contribution in [3.05, 3.63) is 30.1 Å². The Hall–Kier alpha value is -1.29. The van der Waals surface area contributed by atoms with Crippen molar-refractivity contribution < 1.29 is 5.11 Å². The van der Waals surface area contributed by atoms with Crippen LogP contribution in [0.2, 0.25) is 0 Å². The van der Waals surface area contributed by atoms with E-state index in [1.165, 1.54) is 19.3 Å². The Morgan fingerprint density at radius 1 is 1.24 bits per heavy atom. The van der Waals surface area contributed by atoms with Crippen molar-refractivity contribution in [2.24, 2.45) is 10.2 Å². The number of nitrogens with zero attached hydrogens (tertiary/aromatic N) is 3. The van der Waals surface area contributed by atoms with Gasteiger partial charge in [0.2, 0.25) is 0 Å². The lowest BCUT2D eigenvalue weighted by Crippen LogP contribution is -2.19. The third-order valence-corrected chi connectivity index (χ3v) is 3.22. The molecule has 1 N–H and O–H groups in total. The molecule has 1 saturated carbocycles. The molecule has 2 rings (SSSR count). The molecule has 1 aromatic rings. The molecular weight excluding hydrogens is 214 g/mol. The van der Waals surface area contributed by atoms with Crippen LogP contribution in [0.3, 0.4) is 0 Å². The molecule has 92 valence electrons. The second-order valence-electron chi connectivity index (χ2n) is 4.76. The zero-order chi connectivity index (χ0) is 12.1. The Morgan fingerprint density at radius 3 is 2.53 bits per heavy atom. The van der Waals surface area contributed by atoms with E-state index in [0.717, 1.165) is 18.4 Å². The zero-order valence-electron chi connectivity index (χ0n) is 10.2. The van der Waals surface area contributed by atoms with Crippen LogP contribution >= 0.6 is 0 Å². The maximum Gasteiger partial charge on any atom is 0.199 e. The third-order valence-electron chi connectivity index (χ3n) is 3.22. The summed E-state index contributed by atoms with van der Waals surface area (Å²) in [5.74, 6) is 0. The van der Waals surface area contributed by atoms with Gasteiger partial charge in [-0.15, -0.1) is 0 Å². The van der Waals surface area contributed by atoms with Crippen LogP contribution in [0.15, 0.2) is 34.8 Å². The van der Waals surface area contributed by atoms with Crippen molar-refractivity contribution in [2.75, 3.05) is 0 Å². The van der Waals surface area contributed by atoms with Crippen molar-refractivity contribution in [1.82, 2.24) is 4.98 Å². The van der Waals surface area contributed by atoms with E-state index in [1.54, 1.807) is 31.5 Å². The van der Waals surface area contributed by atoms with Crippen LogP contribution in [0, 0.1) is 0 Å². The Kier molecular flexibility index (Phi) is 3.84. The van der Waals surface area contributed by atoms with Crippen molar-refractivity contribution in [3.8, 4) is 0 Å². The summed E-state index contributed by atoms with van der Waals surface area (Å²) in [5.41, 5.74) is -0.507. The first-order valence-electron chi connectivity index (χ1n) is 6.23. The smallest absolute Gasteiger partial charge is 0.199 e. The fourth-order valence-corrected chi connectivity index (χ4v) is 2.12. The second kappa shape index (κ2) is 5.36. The molecule has 1 aromatic heterocycles. The molecule has 0 saturated heterocycles. The first-order valence-corrected chi connectivity index (χ1v) is 6.23. The number of aliphatic hydroxyl groups is 1. The van der Waals surface area contributed by atoms with Gasteiger partial charge in [0.05, 0.1) is 6.04 Å². The molecule has 1 fully saturated rings. The highest BCUT2D eigenvalue weighted by atomic mass is 16.3. The predicted octanol–water partition coefficient (Wildman–Crippen LogP) is 3.03. The normalized spacial score (nSPS) is 21.5. The van der Waals surface area contributed by atoms with Crippen LogP contribution in [0.25, 0.3) is 0 Å². The lowest BCUT2D eigenvalue weighted by Gasteiger charge is -2.20. The van der Waals surface area contributed by atoms with E-state index in [1.807, 2.05) is 0 Å². The largest absolute Gasteiger partial charge is 0.364 e. The monoisotopic (exact) mass is 233 g/mol. The fraction of sp³-hybridized carbons (Fsp3) is 0.615. The van der Waals surface area contributed by atoms with Gasteiger partial charge in [0, 0.05) is 18.0 Å². The summed E-state index contributed by atoms with van der Waals surface area (Å²) in [6.45, 7) is 1.66. The number of hydrogen-bond acceptors (Lipinski definition) is 4. The molecule has 0 aromatic carbocycles. The summed E-state index contributed by atoms with van der Waals surface area (Å²) < 4.78 is 0. The quantitative estimate of drug-likeness (QED) is 0.816. The summed E-state index contributed by atoms with van der Waals surface area (Å²) in [5, 5.41) is 18.6. The van der Waals surface area contributed by atoms with E-state index in [0.29, 0.717) is 0 Å². The SMILES string of the molecule is CC(O)(N=NC1CCCCC1)c1ccncc1.